The molecule has 1 aromatic heterocycles. The van der Waals surface area contributed by atoms with Crippen LogP contribution in [0.1, 0.15) is 38.3 Å². The number of likely N-dealkylation sites (tertiary alicyclic amines) is 1. The second-order valence-electron chi connectivity index (χ2n) is 7.18. The second-order valence-corrected chi connectivity index (χ2v) is 9.41. The van der Waals surface area contributed by atoms with E-state index in [-0.39, 0.29) is 21.4 Å². The molecule has 2 aliphatic rings. The molecule has 3 rings (SSSR count). The third-order valence-corrected chi connectivity index (χ3v) is 8.00. The van der Waals surface area contributed by atoms with Crippen LogP contribution >= 0.6 is 11.6 Å². The zero-order chi connectivity index (χ0) is 18.4. The number of rotatable bonds is 3. The molecule has 0 radical (unpaired) electrons. The Hall–Kier alpha value is -1.12. The van der Waals surface area contributed by atoms with Crippen molar-refractivity contribution in [3.63, 3.8) is 0 Å². The van der Waals surface area contributed by atoms with Crippen molar-refractivity contribution >= 4 is 27.5 Å². The molecule has 7 nitrogen and oxygen atoms in total. The largest absolute Gasteiger partial charge is 0.342 e. The predicted molar refractivity (Wildman–Crippen MR) is 94.9 cm³/mol. The molecule has 0 aliphatic carbocycles. The van der Waals surface area contributed by atoms with E-state index in [1.807, 2.05) is 11.8 Å². The lowest BCUT2D eigenvalue weighted by Crippen LogP contribution is -2.54. The molecule has 25 heavy (non-hydrogen) atoms. The number of nitrogens with zero attached hydrogens (tertiary/aromatic N) is 4. The lowest BCUT2D eigenvalue weighted by atomic mass is 9.74. The Bertz CT molecular complexity index is 792. The van der Waals surface area contributed by atoms with Crippen LogP contribution < -0.4 is 0 Å². The molecule has 9 heteroatoms. The van der Waals surface area contributed by atoms with Crippen LogP contribution in [0.3, 0.4) is 0 Å². The first kappa shape index (κ1) is 18.7. The van der Waals surface area contributed by atoms with Crippen LogP contribution in [0.4, 0.5) is 0 Å². The van der Waals surface area contributed by atoms with Crippen molar-refractivity contribution in [2.24, 2.45) is 12.5 Å². The van der Waals surface area contributed by atoms with Gasteiger partial charge in [0.25, 0.3) is 0 Å². The van der Waals surface area contributed by atoms with E-state index in [0.717, 1.165) is 19.3 Å². The fourth-order valence-corrected chi connectivity index (χ4v) is 6.42. The van der Waals surface area contributed by atoms with Crippen LogP contribution in [-0.4, -0.2) is 59.5 Å². The fourth-order valence-electron chi connectivity index (χ4n) is 4.12. The normalized spacial score (nSPS) is 25.8. The van der Waals surface area contributed by atoms with Gasteiger partial charge in [-0.05, 0) is 33.1 Å². The van der Waals surface area contributed by atoms with Crippen LogP contribution in [0.2, 0.25) is 5.15 Å². The molecule has 2 aliphatic heterocycles. The molecule has 2 fully saturated rings. The molecular weight excluding hydrogens is 364 g/mol. The van der Waals surface area contributed by atoms with Gasteiger partial charge in [-0.1, -0.05) is 11.6 Å². The van der Waals surface area contributed by atoms with Gasteiger partial charge < -0.3 is 4.90 Å². The highest BCUT2D eigenvalue weighted by Crippen LogP contribution is 2.41. The van der Waals surface area contributed by atoms with E-state index in [1.165, 1.54) is 8.99 Å². The number of aryl methyl sites for hydroxylation is 2. The van der Waals surface area contributed by atoms with E-state index in [1.54, 1.807) is 14.0 Å². The Morgan fingerprint density at radius 3 is 2.60 bits per heavy atom. The Balaban J connectivity index is 1.89. The number of carbonyl (C=O) groups excluding carboxylic acids is 1. The maximum Gasteiger partial charge on any atom is 0.248 e. The summed E-state index contributed by atoms with van der Waals surface area (Å²) in [6.07, 6.45) is 2.98. The molecule has 1 spiro atoms. The summed E-state index contributed by atoms with van der Waals surface area (Å²) in [7, 11) is -2.06. The van der Waals surface area contributed by atoms with Crippen LogP contribution in [0.15, 0.2) is 4.90 Å². The van der Waals surface area contributed by atoms with E-state index in [0.29, 0.717) is 38.3 Å². The van der Waals surface area contributed by atoms with Gasteiger partial charge in [-0.3, -0.25) is 9.48 Å². The molecule has 2 saturated heterocycles. The van der Waals surface area contributed by atoms with Crippen molar-refractivity contribution in [3.05, 3.63) is 10.8 Å². The van der Waals surface area contributed by atoms with E-state index in [2.05, 4.69) is 5.10 Å². The van der Waals surface area contributed by atoms with Crippen molar-refractivity contribution in [2.45, 2.75) is 44.4 Å². The number of sulfonamides is 1. The molecule has 1 aromatic rings. The number of hydrogen-bond acceptors (Lipinski definition) is 4. The summed E-state index contributed by atoms with van der Waals surface area (Å²) >= 11 is 6.20. The number of aromatic nitrogens is 2. The average molecular weight is 389 g/mol. The fraction of sp³-hybridized carbons (Fsp3) is 0.750. The molecule has 1 amide bonds. The van der Waals surface area contributed by atoms with Gasteiger partial charge in [0, 0.05) is 45.1 Å². The molecule has 0 unspecified atom stereocenters. The highest BCUT2D eigenvalue weighted by molar-refractivity contribution is 7.89. The standard InChI is InChI=1S/C16H25ClN4O3S/c1-4-20-10-16(8-6-13(20)22)7-5-9-21(11-16)25(23,24)14-12(2)18-19(3)15(14)17/h4-11H2,1-3H3/t16-/m1/s1. The van der Waals surface area contributed by atoms with E-state index in [9.17, 15) is 13.2 Å². The molecule has 1 atom stereocenters. The van der Waals surface area contributed by atoms with Crippen LogP contribution in [-0.2, 0) is 21.9 Å². The van der Waals surface area contributed by atoms with Crippen LogP contribution in [0.25, 0.3) is 0 Å². The van der Waals surface area contributed by atoms with E-state index in [4.69, 9.17) is 11.6 Å². The second kappa shape index (κ2) is 6.55. The predicted octanol–water partition coefficient (Wildman–Crippen LogP) is 1.80. The van der Waals surface area contributed by atoms with Gasteiger partial charge in [0.15, 0.2) is 0 Å². The first-order chi connectivity index (χ1) is 11.7. The Morgan fingerprint density at radius 1 is 1.28 bits per heavy atom. The molecular formula is C16H25ClN4O3S. The molecule has 140 valence electrons. The number of hydrogen-bond donors (Lipinski definition) is 0. The zero-order valence-electron chi connectivity index (χ0n) is 15.0. The summed E-state index contributed by atoms with van der Waals surface area (Å²) in [5.74, 6) is 0.166. The highest BCUT2D eigenvalue weighted by Gasteiger charge is 2.45. The monoisotopic (exact) mass is 388 g/mol. The summed E-state index contributed by atoms with van der Waals surface area (Å²) in [4.78, 5) is 14.0. The van der Waals surface area contributed by atoms with Crippen LogP contribution in [0, 0.1) is 12.3 Å². The van der Waals surface area contributed by atoms with Gasteiger partial charge in [-0.25, -0.2) is 8.42 Å². The Labute approximate surface area is 154 Å². The average Bonchev–Trinajstić information content (AvgIpc) is 2.83. The van der Waals surface area contributed by atoms with Crippen molar-refractivity contribution < 1.29 is 13.2 Å². The lowest BCUT2D eigenvalue weighted by molar-refractivity contribution is -0.138. The number of piperidine rings is 2. The minimum Gasteiger partial charge on any atom is -0.342 e. The first-order valence-electron chi connectivity index (χ1n) is 8.67. The molecule has 0 saturated carbocycles. The lowest BCUT2D eigenvalue weighted by Gasteiger charge is -2.47. The molecule has 3 heterocycles. The molecule has 0 N–H and O–H groups in total. The Morgan fingerprint density at radius 2 is 2.00 bits per heavy atom. The quantitative estimate of drug-likeness (QED) is 0.791. The summed E-state index contributed by atoms with van der Waals surface area (Å²) < 4.78 is 29.3. The maximum atomic E-state index is 13.2. The van der Waals surface area contributed by atoms with Gasteiger partial charge in [0.2, 0.25) is 15.9 Å². The van der Waals surface area contributed by atoms with Crippen molar-refractivity contribution in [3.8, 4) is 0 Å². The third kappa shape index (κ3) is 3.19. The van der Waals surface area contributed by atoms with Crippen molar-refractivity contribution in [2.75, 3.05) is 26.2 Å². The van der Waals surface area contributed by atoms with Crippen molar-refractivity contribution in [1.82, 2.24) is 19.0 Å². The minimum absolute atomic E-state index is 0.105. The van der Waals surface area contributed by atoms with Gasteiger partial charge in [0.05, 0.1) is 5.69 Å². The molecule has 0 aromatic carbocycles. The highest BCUT2D eigenvalue weighted by atomic mass is 35.5. The van der Waals surface area contributed by atoms with Gasteiger partial charge in [0.1, 0.15) is 10.0 Å². The van der Waals surface area contributed by atoms with Gasteiger partial charge >= 0.3 is 0 Å². The SMILES string of the molecule is CCN1C[C@@]2(CCCN(S(=O)(=O)c3c(C)nn(C)c3Cl)C2)CCC1=O. The number of halogens is 1. The Kier molecular flexibility index (Phi) is 4.89. The topological polar surface area (TPSA) is 75.5 Å². The van der Waals surface area contributed by atoms with Crippen molar-refractivity contribution in [1.29, 1.82) is 0 Å². The summed E-state index contributed by atoms with van der Waals surface area (Å²) in [5, 5.41) is 4.28. The summed E-state index contributed by atoms with van der Waals surface area (Å²) in [6.45, 7) is 5.84. The summed E-state index contributed by atoms with van der Waals surface area (Å²) in [6, 6.07) is 0. The zero-order valence-corrected chi connectivity index (χ0v) is 16.5. The maximum absolute atomic E-state index is 13.2. The third-order valence-electron chi connectivity index (χ3n) is 5.45. The smallest absolute Gasteiger partial charge is 0.248 e. The van der Waals surface area contributed by atoms with E-state index < -0.39 is 10.0 Å². The molecule has 0 bridgehead atoms. The number of carbonyl (C=O) groups is 1. The first-order valence-corrected chi connectivity index (χ1v) is 10.5. The number of amides is 1. The summed E-state index contributed by atoms with van der Waals surface area (Å²) in [5.41, 5.74) is 0.263. The van der Waals surface area contributed by atoms with E-state index >= 15 is 0 Å². The minimum atomic E-state index is -3.70. The van der Waals surface area contributed by atoms with Gasteiger partial charge in [-0.2, -0.15) is 9.40 Å². The van der Waals surface area contributed by atoms with Gasteiger partial charge in [-0.15, -0.1) is 0 Å². The van der Waals surface area contributed by atoms with Crippen LogP contribution in [0.5, 0.6) is 0 Å².